The predicted molar refractivity (Wildman–Crippen MR) is 100 cm³/mol. The number of carbonyl (C=O) groups excluding carboxylic acids is 1. The maximum atomic E-state index is 12.4. The maximum Gasteiger partial charge on any atom is 0.233 e. The molecule has 1 aliphatic heterocycles. The van der Waals surface area contributed by atoms with E-state index in [0.29, 0.717) is 24.5 Å². The summed E-state index contributed by atoms with van der Waals surface area (Å²) in [5, 5.41) is 12.0. The van der Waals surface area contributed by atoms with Crippen molar-refractivity contribution in [1.82, 2.24) is 14.9 Å². The second-order valence-electron chi connectivity index (χ2n) is 6.31. The van der Waals surface area contributed by atoms with Crippen molar-refractivity contribution in [3.63, 3.8) is 0 Å². The molecule has 0 bridgehead atoms. The molecule has 2 heterocycles. The van der Waals surface area contributed by atoms with Gasteiger partial charge in [0.15, 0.2) is 15.0 Å². The minimum Gasteiger partial charge on any atom is -0.351 e. The zero-order valence-corrected chi connectivity index (χ0v) is 16.0. The highest BCUT2D eigenvalue weighted by Gasteiger charge is 2.30. The number of carbonyl (C=O) groups is 1. The highest BCUT2D eigenvalue weighted by atomic mass is 32.2. The van der Waals surface area contributed by atoms with Gasteiger partial charge in [0.05, 0.1) is 40.3 Å². The molecule has 0 saturated carbocycles. The van der Waals surface area contributed by atoms with Gasteiger partial charge < -0.3 is 9.88 Å². The molecule has 138 valence electrons. The Morgan fingerprint density at radius 3 is 2.96 bits per heavy atom. The molecule has 26 heavy (non-hydrogen) atoms. The number of imidazole rings is 1. The topological polar surface area (TPSA) is 105 Å². The molecule has 2 aromatic rings. The molecule has 0 aliphatic carbocycles. The smallest absolute Gasteiger partial charge is 0.233 e. The number of hydrogen-bond acceptors (Lipinski definition) is 6. The monoisotopic (exact) mass is 392 g/mol. The van der Waals surface area contributed by atoms with E-state index >= 15 is 0 Å². The number of sulfone groups is 1. The minimum atomic E-state index is -3.03. The fraction of sp³-hybridized carbons (Fsp3) is 0.471. The molecule has 7 nitrogen and oxygen atoms in total. The lowest BCUT2D eigenvalue weighted by Crippen LogP contribution is -2.40. The third-order valence-electron chi connectivity index (χ3n) is 4.30. The first-order valence-electron chi connectivity index (χ1n) is 8.39. The van der Waals surface area contributed by atoms with E-state index in [2.05, 4.69) is 16.4 Å². The summed E-state index contributed by atoms with van der Waals surface area (Å²) in [6.07, 6.45) is 0.820. The van der Waals surface area contributed by atoms with E-state index in [9.17, 15) is 13.2 Å². The molecule has 1 aliphatic rings. The maximum absolute atomic E-state index is 12.4. The normalized spacial score (nSPS) is 19.9. The Balaban J connectivity index is 1.73. The summed E-state index contributed by atoms with van der Waals surface area (Å²) in [6, 6.07) is 9.48. The van der Waals surface area contributed by atoms with Gasteiger partial charge in [0, 0.05) is 12.6 Å². The van der Waals surface area contributed by atoms with Crippen LogP contribution < -0.4 is 5.32 Å². The van der Waals surface area contributed by atoms with Crippen LogP contribution in [0.1, 0.15) is 19.8 Å². The lowest BCUT2D eigenvalue weighted by molar-refractivity contribution is -0.120. The van der Waals surface area contributed by atoms with Crippen molar-refractivity contribution in [2.45, 2.75) is 42.8 Å². The SMILES string of the molecule is CC(Sc1nc2ccccc2n1CCC#N)C(=O)NC1CCS(=O)(=O)C1. The summed E-state index contributed by atoms with van der Waals surface area (Å²) in [6.45, 7) is 2.28. The first-order chi connectivity index (χ1) is 12.4. The van der Waals surface area contributed by atoms with Crippen LogP contribution in [0.4, 0.5) is 0 Å². The second-order valence-corrected chi connectivity index (χ2v) is 9.85. The van der Waals surface area contributed by atoms with Crippen LogP contribution in [0.15, 0.2) is 29.4 Å². The number of fused-ring (bicyclic) bond motifs is 1. The van der Waals surface area contributed by atoms with Crippen molar-refractivity contribution in [2.24, 2.45) is 0 Å². The predicted octanol–water partition coefficient (Wildman–Crippen LogP) is 1.73. The Kier molecular flexibility index (Phi) is 5.53. The number of thioether (sulfide) groups is 1. The van der Waals surface area contributed by atoms with Crippen molar-refractivity contribution in [3.8, 4) is 6.07 Å². The Bertz CT molecular complexity index is 962. The number of nitriles is 1. The largest absolute Gasteiger partial charge is 0.351 e. The summed E-state index contributed by atoms with van der Waals surface area (Å²) >= 11 is 1.32. The molecule has 2 atom stereocenters. The lowest BCUT2D eigenvalue weighted by atomic mass is 10.2. The van der Waals surface area contributed by atoms with Crippen LogP contribution in [-0.4, -0.2) is 46.7 Å². The van der Waals surface area contributed by atoms with E-state index in [1.54, 1.807) is 6.92 Å². The number of amides is 1. The summed E-state index contributed by atoms with van der Waals surface area (Å²) < 4.78 is 25.0. The Morgan fingerprint density at radius 1 is 1.50 bits per heavy atom. The molecular formula is C17H20N4O3S2. The Morgan fingerprint density at radius 2 is 2.27 bits per heavy atom. The molecule has 0 spiro atoms. The van der Waals surface area contributed by atoms with Crippen LogP contribution >= 0.6 is 11.8 Å². The number of rotatable bonds is 6. The van der Waals surface area contributed by atoms with Gasteiger partial charge in [-0.3, -0.25) is 4.79 Å². The molecule has 1 fully saturated rings. The molecule has 1 amide bonds. The van der Waals surface area contributed by atoms with Crippen molar-refractivity contribution in [3.05, 3.63) is 24.3 Å². The van der Waals surface area contributed by atoms with E-state index in [4.69, 9.17) is 5.26 Å². The van der Waals surface area contributed by atoms with E-state index < -0.39 is 15.1 Å². The van der Waals surface area contributed by atoms with Gasteiger partial charge in [-0.15, -0.1) is 0 Å². The van der Waals surface area contributed by atoms with Gasteiger partial charge in [-0.25, -0.2) is 13.4 Å². The Hall–Kier alpha value is -2.05. The lowest BCUT2D eigenvalue weighted by Gasteiger charge is -2.16. The number of benzene rings is 1. The average molecular weight is 393 g/mol. The van der Waals surface area contributed by atoms with E-state index in [1.807, 2.05) is 28.8 Å². The van der Waals surface area contributed by atoms with Crippen LogP contribution in [0, 0.1) is 11.3 Å². The zero-order chi connectivity index (χ0) is 18.7. The van der Waals surface area contributed by atoms with Crippen molar-refractivity contribution in [2.75, 3.05) is 11.5 Å². The highest BCUT2D eigenvalue weighted by Crippen LogP contribution is 2.28. The summed E-state index contributed by atoms with van der Waals surface area (Å²) in [4.78, 5) is 17.0. The molecule has 9 heteroatoms. The molecular weight excluding hydrogens is 372 g/mol. The second kappa shape index (κ2) is 7.68. The fourth-order valence-electron chi connectivity index (χ4n) is 2.96. The average Bonchev–Trinajstić information content (AvgIpc) is 3.12. The van der Waals surface area contributed by atoms with Gasteiger partial charge in [0.2, 0.25) is 5.91 Å². The summed E-state index contributed by atoms with van der Waals surface area (Å²) in [7, 11) is -3.03. The number of para-hydroxylation sites is 2. The third-order valence-corrected chi connectivity index (χ3v) is 7.16. The van der Waals surface area contributed by atoms with Gasteiger partial charge in [-0.2, -0.15) is 5.26 Å². The van der Waals surface area contributed by atoms with Gasteiger partial charge >= 0.3 is 0 Å². The first-order valence-corrected chi connectivity index (χ1v) is 11.1. The standard InChI is InChI=1S/C17H20N4O3S2/c1-12(16(22)19-13-7-10-26(23,24)11-13)25-17-20-14-5-2-3-6-15(14)21(17)9-4-8-18/h2-3,5-6,12-13H,4,7,9-11H2,1H3,(H,19,22). The Labute approximate surface area is 156 Å². The van der Waals surface area contributed by atoms with Gasteiger partial charge in [0.25, 0.3) is 0 Å². The minimum absolute atomic E-state index is 0.0107. The van der Waals surface area contributed by atoms with Crippen molar-refractivity contribution < 1.29 is 13.2 Å². The molecule has 2 unspecified atom stereocenters. The van der Waals surface area contributed by atoms with E-state index in [0.717, 1.165) is 11.0 Å². The number of nitrogens with zero attached hydrogens (tertiary/aromatic N) is 3. The molecule has 1 N–H and O–H groups in total. The van der Waals surface area contributed by atoms with Crippen LogP contribution in [0.2, 0.25) is 0 Å². The first kappa shape index (κ1) is 18.7. The number of aromatic nitrogens is 2. The fourth-order valence-corrected chi connectivity index (χ4v) is 5.59. The van der Waals surface area contributed by atoms with Crippen LogP contribution in [0.3, 0.4) is 0 Å². The van der Waals surface area contributed by atoms with E-state index in [-0.39, 0.29) is 23.5 Å². The van der Waals surface area contributed by atoms with Crippen LogP contribution in [0.5, 0.6) is 0 Å². The van der Waals surface area contributed by atoms with Gasteiger partial charge in [-0.1, -0.05) is 23.9 Å². The van der Waals surface area contributed by atoms with E-state index in [1.165, 1.54) is 11.8 Å². The van der Waals surface area contributed by atoms with Crippen LogP contribution in [-0.2, 0) is 21.2 Å². The number of hydrogen-bond donors (Lipinski definition) is 1. The zero-order valence-electron chi connectivity index (χ0n) is 14.4. The van der Waals surface area contributed by atoms with Crippen molar-refractivity contribution >= 4 is 38.5 Å². The highest BCUT2D eigenvalue weighted by molar-refractivity contribution is 8.00. The summed E-state index contributed by atoms with van der Waals surface area (Å²) in [5.41, 5.74) is 1.75. The number of aryl methyl sites for hydroxylation is 1. The molecule has 1 saturated heterocycles. The number of nitrogens with one attached hydrogen (secondary N) is 1. The summed E-state index contributed by atoms with van der Waals surface area (Å²) in [5.74, 6) is -0.0590. The quantitative estimate of drug-likeness (QED) is 0.751. The van der Waals surface area contributed by atoms with Gasteiger partial charge in [0.1, 0.15) is 0 Å². The van der Waals surface area contributed by atoms with Crippen molar-refractivity contribution in [1.29, 1.82) is 5.26 Å². The van der Waals surface area contributed by atoms with Gasteiger partial charge in [-0.05, 0) is 25.5 Å². The molecule has 1 aromatic carbocycles. The molecule has 3 rings (SSSR count). The third kappa shape index (κ3) is 4.19. The molecule has 1 aromatic heterocycles. The van der Waals surface area contributed by atoms with Crippen LogP contribution in [0.25, 0.3) is 11.0 Å². The molecule has 0 radical (unpaired) electrons.